The fraction of sp³-hybridized carbons (Fsp3) is 0.292. The fourth-order valence-electron chi connectivity index (χ4n) is 2.94. The van der Waals surface area contributed by atoms with Crippen LogP contribution in [-0.4, -0.2) is 28.1 Å². The molecule has 0 atom stereocenters. The monoisotopic (exact) mass is 498 g/mol. The van der Waals surface area contributed by atoms with Crippen LogP contribution in [0.1, 0.15) is 47.2 Å². The second-order valence-electron chi connectivity index (χ2n) is 7.75. The normalized spacial score (nSPS) is 10.8. The van der Waals surface area contributed by atoms with Gasteiger partial charge < -0.3 is 15.4 Å². The summed E-state index contributed by atoms with van der Waals surface area (Å²) >= 11 is 3.42. The minimum absolute atomic E-state index is 0.204. The Balaban J connectivity index is 1.71. The number of halogens is 1. The molecule has 0 unspecified atom stereocenters. The second-order valence-corrected chi connectivity index (χ2v) is 8.67. The predicted octanol–water partition coefficient (Wildman–Crippen LogP) is 4.88. The number of carbonyl (C=O) groups excluding carboxylic acids is 2. The molecular weight excluding hydrogens is 472 g/mol. The van der Waals surface area contributed by atoms with Gasteiger partial charge in [0.05, 0.1) is 5.69 Å². The Hall–Kier alpha value is -3.13. The molecule has 2 aromatic carbocycles. The van der Waals surface area contributed by atoms with Gasteiger partial charge in [-0.1, -0.05) is 48.0 Å². The highest BCUT2D eigenvalue weighted by Gasteiger charge is 2.19. The number of anilines is 1. The lowest BCUT2D eigenvalue weighted by Gasteiger charge is -2.10. The molecule has 0 fully saturated rings. The molecular formula is C24H27BrN4O3. The first-order valence-corrected chi connectivity index (χ1v) is 11.3. The molecule has 7 nitrogen and oxygen atoms in total. The first-order valence-electron chi connectivity index (χ1n) is 10.5. The van der Waals surface area contributed by atoms with Crippen molar-refractivity contribution in [2.24, 2.45) is 5.92 Å². The Labute approximate surface area is 196 Å². The smallest absolute Gasteiger partial charge is 0.273 e. The summed E-state index contributed by atoms with van der Waals surface area (Å²) in [6, 6.07) is 14.8. The zero-order valence-corrected chi connectivity index (χ0v) is 20.0. The van der Waals surface area contributed by atoms with Gasteiger partial charge in [0.2, 0.25) is 0 Å². The summed E-state index contributed by atoms with van der Waals surface area (Å²) in [5, 5.41) is 9.98. The first kappa shape index (κ1) is 23.5. The van der Waals surface area contributed by atoms with Gasteiger partial charge in [0.25, 0.3) is 11.8 Å². The van der Waals surface area contributed by atoms with Crippen molar-refractivity contribution < 1.29 is 14.3 Å². The Bertz CT molecular complexity index is 1090. The SMILES string of the molecule is CCn1cc(NC(=O)c2cccc(COc3cccc(Br)c3)c2)c(C(=O)NCC(C)C)n1. The van der Waals surface area contributed by atoms with Crippen molar-refractivity contribution in [3.63, 3.8) is 0 Å². The van der Waals surface area contributed by atoms with Gasteiger partial charge in [-0.15, -0.1) is 0 Å². The molecule has 1 heterocycles. The van der Waals surface area contributed by atoms with E-state index in [1.807, 2.05) is 51.1 Å². The molecule has 168 valence electrons. The second kappa shape index (κ2) is 10.9. The standard InChI is InChI=1S/C24H27BrN4O3/c1-4-29-14-21(22(28-29)24(31)26-13-16(2)3)27-23(30)18-8-5-7-17(11-18)15-32-20-10-6-9-19(25)12-20/h5-12,14,16H,4,13,15H2,1-3H3,(H,26,31)(H,27,30). The number of hydrogen-bond donors (Lipinski definition) is 2. The van der Waals surface area contributed by atoms with E-state index in [4.69, 9.17) is 4.74 Å². The molecule has 3 aromatic rings. The van der Waals surface area contributed by atoms with E-state index in [0.29, 0.717) is 36.9 Å². The largest absolute Gasteiger partial charge is 0.489 e. The van der Waals surface area contributed by atoms with Crippen molar-refractivity contribution in [3.05, 3.63) is 76.0 Å². The third-order valence-corrected chi connectivity index (χ3v) is 5.10. The average Bonchev–Trinajstić information content (AvgIpc) is 3.19. The maximum Gasteiger partial charge on any atom is 0.273 e. The molecule has 8 heteroatoms. The molecule has 1 aromatic heterocycles. The van der Waals surface area contributed by atoms with Gasteiger partial charge in [-0.25, -0.2) is 0 Å². The van der Waals surface area contributed by atoms with Gasteiger partial charge in [0, 0.05) is 29.3 Å². The number of nitrogens with zero attached hydrogens (tertiary/aromatic N) is 2. The quantitative estimate of drug-likeness (QED) is 0.440. The van der Waals surface area contributed by atoms with Crippen LogP contribution in [-0.2, 0) is 13.2 Å². The molecule has 2 amide bonds. The van der Waals surface area contributed by atoms with Crippen LogP contribution in [0.5, 0.6) is 5.75 Å². The Morgan fingerprint density at radius 1 is 1.12 bits per heavy atom. The number of rotatable bonds is 9. The number of aryl methyl sites for hydroxylation is 1. The van der Waals surface area contributed by atoms with Crippen LogP contribution in [0.3, 0.4) is 0 Å². The topological polar surface area (TPSA) is 85.2 Å². The molecule has 2 N–H and O–H groups in total. The minimum Gasteiger partial charge on any atom is -0.489 e. The van der Waals surface area contributed by atoms with Gasteiger partial charge >= 0.3 is 0 Å². The molecule has 0 aliphatic heterocycles. The number of nitrogens with one attached hydrogen (secondary N) is 2. The number of aromatic nitrogens is 2. The fourth-order valence-corrected chi connectivity index (χ4v) is 3.32. The number of ether oxygens (including phenoxy) is 1. The van der Waals surface area contributed by atoms with Crippen LogP contribution in [0.15, 0.2) is 59.2 Å². The van der Waals surface area contributed by atoms with E-state index in [1.54, 1.807) is 29.1 Å². The zero-order chi connectivity index (χ0) is 23.1. The van der Waals surface area contributed by atoms with E-state index in [9.17, 15) is 9.59 Å². The van der Waals surface area contributed by atoms with Crippen LogP contribution in [0.2, 0.25) is 0 Å². The van der Waals surface area contributed by atoms with Crippen molar-refractivity contribution in [2.45, 2.75) is 33.9 Å². The highest BCUT2D eigenvalue weighted by Crippen LogP contribution is 2.20. The lowest BCUT2D eigenvalue weighted by atomic mass is 10.1. The van der Waals surface area contributed by atoms with E-state index in [1.165, 1.54) is 0 Å². The van der Waals surface area contributed by atoms with Crippen molar-refractivity contribution in [2.75, 3.05) is 11.9 Å². The van der Waals surface area contributed by atoms with Crippen molar-refractivity contribution in [1.82, 2.24) is 15.1 Å². The average molecular weight is 499 g/mol. The van der Waals surface area contributed by atoms with Crippen molar-refractivity contribution >= 4 is 33.4 Å². The van der Waals surface area contributed by atoms with Gasteiger partial charge in [0.1, 0.15) is 12.4 Å². The number of hydrogen-bond acceptors (Lipinski definition) is 4. The molecule has 0 radical (unpaired) electrons. The molecule has 0 saturated carbocycles. The Morgan fingerprint density at radius 3 is 2.62 bits per heavy atom. The molecule has 3 rings (SSSR count). The van der Waals surface area contributed by atoms with Crippen LogP contribution < -0.4 is 15.4 Å². The Morgan fingerprint density at radius 2 is 1.91 bits per heavy atom. The third-order valence-electron chi connectivity index (χ3n) is 4.61. The molecule has 0 aliphatic carbocycles. The lowest BCUT2D eigenvalue weighted by Crippen LogP contribution is -2.28. The molecule has 0 aliphatic rings. The van der Waals surface area contributed by atoms with E-state index in [-0.39, 0.29) is 17.5 Å². The van der Waals surface area contributed by atoms with E-state index in [2.05, 4.69) is 31.7 Å². The maximum absolute atomic E-state index is 12.9. The third kappa shape index (κ3) is 6.43. The zero-order valence-electron chi connectivity index (χ0n) is 18.4. The molecule has 0 spiro atoms. The number of carbonyl (C=O) groups is 2. The number of benzene rings is 2. The van der Waals surface area contributed by atoms with Crippen molar-refractivity contribution in [3.8, 4) is 5.75 Å². The van der Waals surface area contributed by atoms with Gasteiger partial charge in [0.15, 0.2) is 5.69 Å². The van der Waals surface area contributed by atoms with Crippen LogP contribution in [0.4, 0.5) is 5.69 Å². The maximum atomic E-state index is 12.9. The molecule has 0 saturated heterocycles. The summed E-state index contributed by atoms with van der Waals surface area (Å²) in [7, 11) is 0. The molecule has 0 bridgehead atoms. The highest BCUT2D eigenvalue weighted by molar-refractivity contribution is 9.10. The Kier molecular flexibility index (Phi) is 8.05. The lowest BCUT2D eigenvalue weighted by molar-refractivity contribution is 0.0944. The summed E-state index contributed by atoms with van der Waals surface area (Å²) in [5.41, 5.74) is 1.92. The van der Waals surface area contributed by atoms with Gasteiger partial charge in [-0.05, 0) is 48.7 Å². The first-order chi connectivity index (χ1) is 15.4. The van der Waals surface area contributed by atoms with Gasteiger partial charge in [-0.2, -0.15) is 5.10 Å². The number of amides is 2. The van der Waals surface area contributed by atoms with Gasteiger partial charge in [-0.3, -0.25) is 14.3 Å². The summed E-state index contributed by atoms with van der Waals surface area (Å²) in [6.07, 6.45) is 1.67. The van der Waals surface area contributed by atoms with E-state index in [0.717, 1.165) is 15.8 Å². The highest BCUT2D eigenvalue weighted by atomic mass is 79.9. The van der Waals surface area contributed by atoms with Crippen LogP contribution >= 0.6 is 15.9 Å². The minimum atomic E-state index is -0.317. The summed E-state index contributed by atoms with van der Waals surface area (Å²) in [5.74, 6) is 0.422. The van der Waals surface area contributed by atoms with E-state index < -0.39 is 0 Å². The summed E-state index contributed by atoms with van der Waals surface area (Å²) in [4.78, 5) is 25.5. The van der Waals surface area contributed by atoms with Crippen LogP contribution in [0, 0.1) is 5.92 Å². The summed E-state index contributed by atoms with van der Waals surface area (Å²) < 4.78 is 8.37. The van der Waals surface area contributed by atoms with Crippen LogP contribution in [0.25, 0.3) is 0 Å². The van der Waals surface area contributed by atoms with Crippen molar-refractivity contribution in [1.29, 1.82) is 0 Å². The van der Waals surface area contributed by atoms with E-state index >= 15 is 0 Å². The summed E-state index contributed by atoms with van der Waals surface area (Å²) in [6.45, 7) is 7.40. The predicted molar refractivity (Wildman–Crippen MR) is 128 cm³/mol. The molecule has 32 heavy (non-hydrogen) atoms.